The highest BCUT2D eigenvalue weighted by Crippen LogP contribution is 2.38. The lowest BCUT2D eigenvalue weighted by Gasteiger charge is -2.26. The summed E-state index contributed by atoms with van der Waals surface area (Å²) in [6.07, 6.45) is 2.59. The van der Waals surface area contributed by atoms with Gasteiger partial charge in [0.05, 0.1) is 27.9 Å². The van der Waals surface area contributed by atoms with Crippen molar-refractivity contribution >= 4 is 17.5 Å². The quantitative estimate of drug-likeness (QED) is 0.725. The summed E-state index contributed by atoms with van der Waals surface area (Å²) in [6, 6.07) is 10.7. The number of rotatable bonds is 6. The molecule has 7 nitrogen and oxygen atoms in total. The van der Waals surface area contributed by atoms with Gasteiger partial charge in [-0.05, 0) is 49.2 Å². The van der Waals surface area contributed by atoms with Gasteiger partial charge >= 0.3 is 0 Å². The van der Waals surface area contributed by atoms with Crippen molar-refractivity contribution in [2.45, 2.75) is 19.3 Å². The highest BCUT2D eigenvalue weighted by molar-refractivity contribution is 5.96. The van der Waals surface area contributed by atoms with Crippen molar-refractivity contribution in [2.24, 2.45) is 0 Å². The molecule has 1 heterocycles. The minimum Gasteiger partial charge on any atom is -0.493 e. The zero-order valence-electron chi connectivity index (χ0n) is 18.0. The first kappa shape index (κ1) is 22.0. The summed E-state index contributed by atoms with van der Waals surface area (Å²) in [7, 11) is 4.50. The van der Waals surface area contributed by atoms with Gasteiger partial charge < -0.3 is 24.4 Å². The Balaban J connectivity index is 1.61. The standard InChI is InChI=1S/C24H26N2O5/c1-29-20-15-18(16-21(30-2)23(20)31-3)24(28)25-13-6-7-17-9-11-19(12-10-17)26-14-5-4-8-22(26)27/h9-12,15-16H,4-5,8,13-14H2,1-3H3,(H,25,28). The van der Waals surface area contributed by atoms with Crippen LogP contribution in [0.2, 0.25) is 0 Å². The third kappa shape index (κ3) is 5.28. The van der Waals surface area contributed by atoms with E-state index in [1.165, 1.54) is 21.3 Å². The Bertz CT molecular complexity index is 980. The average molecular weight is 422 g/mol. The number of amides is 2. The van der Waals surface area contributed by atoms with Crippen LogP contribution in [0.5, 0.6) is 17.2 Å². The molecule has 1 saturated heterocycles. The topological polar surface area (TPSA) is 77.1 Å². The number of nitrogens with zero attached hydrogens (tertiary/aromatic N) is 1. The second-order valence-corrected chi connectivity index (χ2v) is 6.95. The van der Waals surface area contributed by atoms with E-state index in [0.717, 1.165) is 30.6 Å². The van der Waals surface area contributed by atoms with Crippen LogP contribution in [-0.2, 0) is 4.79 Å². The van der Waals surface area contributed by atoms with Crippen molar-refractivity contribution in [2.75, 3.05) is 39.3 Å². The van der Waals surface area contributed by atoms with E-state index in [2.05, 4.69) is 17.2 Å². The third-order valence-electron chi connectivity index (χ3n) is 5.00. The van der Waals surface area contributed by atoms with Crippen LogP contribution in [0.4, 0.5) is 5.69 Å². The van der Waals surface area contributed by atoms with E-state index in [1.807, 2.05) is 29.2 Å². The Morgan fingerprint density at radius 3 is 2.29 bits per heavy atom. The normalized spacial score (nSPS) is 13.1. The molecule has 2 aromatic carbocycles. The van der Waals surface area contributed by atoms with Crippen molar-refractivity contribution in [3.05, 3.63) is 47.5 Å². The fourth-order valence-corrected chi connectivity index (χ4v) is 3.39. The number of benzene rings is 2. The summed E-state index contributed by atoms with van der Waals surface area (Å²) in [6.45, 7) is 0.943. The molecule has 0 bridgehead atoms. The SMILES string of the molecule is COc1cc(C(=O)NCC#Cc2ccc(N3CCCCC3=O)cc2)cc(OC)c1OC. The third-order valence-corrected chi connectivity index (χ3v) is 5.00. The Labute approximate surface area is 182 Å². The lowest BCUT2D eigenvalue weighted by molar-refractivity contribution is -0.119. The summed E-state index contributed by atoms with van der Waals surface area (Å²) in [5, 5.41) is 2.76. The van der Waals surface area contributed by atoms with Gasteiger partial charge in [0, 0.05) is 29.8 Å². The van der Waals surface area contributed by atoms with Crippen LogP contribution in [0.3, 0.4) is 0 Å². The molecular formula is C24H26N2O5. The summed E-state index contributed by atoms with van der Waals surface area (Å²) >= 11 is 0. The Morgan fingerprint density at radius 1 is 1.03 bits per heavy atom. The predicted molar refractivity (Wildman–Crippen MR) is 118 cm³/mol. The maximum atomic E-state index is 12.5. The molecule has 0 saturated carbocycles. The molecule has 0 unspecified atom stereocenters. The number of anilines is 1. The second-order valence-electron chi connectivity index (χ2n) is 6.95. The largest absolute Gasteiger partial charge is 0.493 e. The van der Waals surface area contributed by atoms with Crippen LogP contribution in [-0.4, -0.2) is 46.2 Å². The van der Waals surface area contributed by atoms with Crippen molar-refractivity contribution in [1.82, 2.24) is 5.32 Å². The van der Waals surface area contributed by atoms with Crippen LogP contribution < -0.4 is 24.4 Å². The van der Waals surface area contributed by atoms with Crippen LogP contribution in [0.15, 0.2) is 36.4 Å². The molecule has 1 N–H and O–H groups in total. The molecule has 0 aliphatic carbocycles. The molecule has 1 aliphatic rings. The van der Waals surface area contributed by atoms with E-state index in [1.54, 1.807) is 12.1 Å². The fraction of sp³-hybridized carbons (Fsp3) is 0.333. The molecule has 162 valence electrons. The highest BCUT2D eigenvalue weighted by Gasteiger charge is 2.19. The van der Waals surface area contributed by atoms with E-state index in [0.29, 0.717) is 29.2 Å². The second kappa shape index (κ2) is 10.4. The lowest BCUT2D eigenvalue weighted by Crippen LogP contribution is -2.35. The number of methoxy groups -OCH3 is 3. The van der Waals surface area contributed by atoms with Crippen LogP contribution >= 0.6 is 0 Å². The lowest BCUT2D eigenvalue weighted by atomic mass is 10.1. The van der Waals surface area contributed by atoms with Gasteiger partial charge in [0.25, 0.3) is 5.91 Å². The molecule has 3 rings (SSSR count). The molecule has 31 heavy (non-hydrogen) atoms. The van der Waals surface area contributed by atoms with Gasteiger partial charge in [-0.15, -0.1) is 0 Å². The van der Waals surface area contributed by atoms with Gasteiger partial charge in [-0.2, -0.15) is 0 Å². The summed E-state index contributed by atoms with van der Waals surface area (Å²) in [5.74, 6) is 7.07. The van der Waals surface area contributed by atoms with Crippen molar-refractivity contribution in [3.8, 4) is 29.1 Å². The number of hydrogen-bond acceptors (Lipinski definition) is 5. The monoisotopic (exact) mass is 422 g/mol. The number of ether oxygens (including phenoxy) is 3. The number of carbonyl (C=O) groups is 2. The van der Waals surface area contributed by atoms with Gasteiger partial charge in [-0.1, -0.05) is 11.8 Å². The van der Waals surface area contributed by atoms with E-state index >= 15 is 0 Å². The maximum Gasteiger partial charge on any atom is 0.252 e. The maximum absolute atomic E-state index is 12.5. The van der Waals surface area contributed by atoms with Crippen LogP contribution in [0.25, 0.3) is 0 Å². The van der Waals surface area contributed by atoms with Crippen LogP contribution in [0.1, 0.15) is 35.2 Å². The van der Waals surface area contributed by atoms with Crippen molar-refractivity contribution < 1.29 is 23.8 Å². The zero-order valence-corrected chi connectivity index (χ0v) is 18.0. The Kier molecular flexibility index (Phi) is 7.39. The molecular weight excluding hydrogens is 396 g/mol. The van der Waals surface area contributed by atoms with E-state index in [4.69, 9.17) is 14.2 Å². The number of hydrogen-bond donors (Lipinski definition) is 1. The molecule has 0 aromatic heterocycles. The van der Waals surface area contributed by atoms with Crippen molar-refractivity contribution in [3.63, 3.8) is 0 Å². The minimum absolute atomic E-state index is 0.166. The molecule has 0 atom stereocenters. The smallest absolute Gasteiger partial charge is 0.252 e. The predicted octanol–water partition coefficient (Wildman–Crippen LogP) is 3.01. The first-order chi connectivity index (χ1) is 15.1. The summed E-state index contributed by atoms with van der Waals surface area (Å²) < 4.78 is 15.8. The number of piperidine rings is 1. The molecule has 0 radical (unpaired) electrons. The number of nitrogens with one attached hydrogen (secondary N) is 1. The molecule has 0 spiro atoms. The summed E-state index contributed by atoms with van der Waals surface area (Å²) in [4.78, 5) is 26.3. The van der Waals surface area contributed by atoms with Gasteiger partial charge in [0.2, 0.25) is 11.7 Å². The first-order valence-corrected chi connectivity index (χ1v) is 10.0. The number of carbonyl (C=O) groups excluding carboxylic acids is 2. The minimum atomic E-state index is -0.299. The molecule has 2 aromatic rings. The van der Waals surface area contributed by atoms with E-state index in [9.17, 15) is 9.59 Å². The van der Waals surface area contributed by atoms with Crippen LogP contribution in [0, 0.1) is 11.8 Å². The van der Waals surface area contributed by atoms with E-state index < -0.39 is 0 Å². The van der Waals surface area contributed by atoms with Gasteiger partial charge in [0.15, 0.2) is 11.5 Å². The Morgan fingerprint density at radius 2 is 1.71 bits per heavy atom. The fourth-order valence-electron chi connectivity index (χ4n) is 3.39. The van der Waals surface area contributed by atoms with Crippen molar-refractivity contribution in [1.29, 1.82) is 0 Å². The van der Waals surface area contributed by atoms with Gasteiger partial charge in [0.1, 0.15) is 0 Å². The van der Waals surface area contributed by atoms with E-state index in [-0.39, 0.29) is 18.4 Å². The van der Waals surface area contributed by atoms with Gasteiger partial charge in [-0.25, -0.2) is 0 Å². The highest BCUT2D eigenvalue weighted by atomic mass is 16.5. The first-order valence-electron chi connectivity index (χ1n) is 10.0. The molecule has 2 amide bonds. The molecule has 7 heteroatoms. The zero-order chi connectivity index (χ0) is 22.2. The van der Waals surface area contributed by atoms with Gasteiger partial charge in [-0.3, -0.25) is 9.59 Å². The average Bonchev–Trinajstić information content (AvgIpc) is 2.81. The molecule has 1 aliphatic heterocycles. The summed E-state index contributed by atoms with van der Waals surface area (Å²) in [5.41, 5.74) is 2.09. The Hall–Kier alpha value is -3.66. The molecule has 1 fully saturated rings.